The maximum Gasteiger partial charge on any atom is 0.326 e. The van der Waals surface area contributed by atoms with Gasteiger partial charge in [-0.25, -0.2) is 4.79 Å². The van der Waals surface area contributed by atoms with Crippen LogP contribution >= 0.6 is 15.9 Å². The van der Waals surface area contributed by atoms with Crippen LogP contribution in [0.4, 0.5) is 0 Å². The first kappa shape index (κ1) is 13.8. The molecule has 0 saturated heterocycles. The fourth-order valence-electron chi connectivity index (χ4n) is 1.79. The van der Waals surface area contributed by atoms with Gasteiger partial charge in [0, 0.05) is 10.5 Å². The SMILES string of the molecule is O=C(C=Cc1ccccc1Br)NC(C(=O)O)C1CC1. The zero-order valence-electron chi connectivity index (χ0n) is 10.2. The van der Waals surface area contributed by atoms with Gasteiger partial charge in [-0.2, -0.15) is 0 Å². The molecule has 1 atom stereocenters. The predicted octanol–water partition coefficient (Wildman–Crippen LogP) is 2.44. The smallest absolute Gasteiger partial charge is 0.326 e. The first-order valence-electron chi connectivity index (χ1n) is 6.04. The molecule has 0 radical (unpaired) electrons. The molecule has 1 amide bonds. The van der Waals surface area contributed by atoms with Crippen molar-refractivity contribution >= 4 is 33.9 Å². The molecule has 1 aromatic carbocycles. The molecule has 1 unspecified atom stereocenters. The van der Waals surface area contributed by atoms with Crippen LogP contribution in [0.25, 0.3) is 6.08 Å². The van der Waals surface area contributed by atoms with Gasteiger partial charge in [-0.15, -0.1) is 0 Å². The second-order valence-electron chi connectivity index (χ2n) is 4.52. The Morgan fingerprint density at radius 3 is 2.63 bits per heavy atom. The van der Waals surface area contributed by atoms with Crippen LogP contribution in [-0.2, 0) is 9.59 Å². The van der Waals surface area contributed by atoms with Gasteiger partial charge in [0.25, 0.3) is 0 Å². The molecule has 0 aliphatic heterocycles. The van der Waals surface area contributed by atoms with Crippen molar-refractivity contribution in [3.05, 3.63) is 40.4 Å². The van der Waals surface area contributed by atoms with Crippen molar-refractivity contribution in [2.45, 2.75) is 18.9 Å². The second kappa shape index (κ2) is 6.02. The van der Waals surface area contributed by atoms with Gasteiger partial charge in [-0.05, 0) is 36.5 Å². The number of benzene rings is 1. The minimum absolute atomic E-state index is 0.0818. The lowest BCUT2D eigenvalue weighted by Crippen LogP contribution is -2.41. The van der Waals surface area contributed by atoms with E-state index in [1.807, 2.05) is 24.3 Å². The third kappa shape index (κ3) is 3.92. The largest absolute Gasteiger partial charge is 0.480 e. The second-order valence-corrected chi connectivity index (χ2v) is 5.37. The molecule has 1 aliphatic carbocycles. The number of amides is 1. The normalized spacial score (nSPS) is 16.3. The Kier molecular flexibility index (Phi) is 4.37. The van der Waals surface area contributed by atoms with Gasteiger partial charge in [0.15, 0.2) is 0 Å². The maximum absolute atomic E-state index is 11.7. The van der Waals surface area contributed by atoms with E-state index in [-0.39, 0.29) is 11.8 Å². The Morgan fingerprint density at radius 1 is 1.37 bits per heavy atom. The summed E-state index contributed by atoms with van der Waals surface area (Å²) in [4.78, 5) is 22.7. The Bertz CT molecular complexity index is 523. The van der Waals surface area contributed by atoms with Crippen LogP contribution in [0.3, 0.4) is 0 Å². The van der Waals surface area contributed by atoms with Crippen LogP contribution in [0.2, 0.25) is 0 Å². The van der Waals surface area contributed by atoms with E-state index in [1.165, 1.54) is 6.08 Å². The third-order valence-corrected chi connectivity index (χ3v) is 3.70. The molecule has 2 rings (SSSR count). The predicted molar refractivity (Wildman–Crippen MR) is 75.5 cm³/mol. The Morgan fingerprint density at radius 2 is 2.05 bits per heavy atom. The topological polar surface area (TPSA) is 66.4 Å². The van der Waals surface area contributed by atoms with Gasteiger partial charge in [0.1, 0.15) is 6.04 Å². The number of carbonyl (C=O) groups excluding carboxylic acids is 1. The molecular weight excluding hydrogens is 310 g/mol. The molecule has 1 saturated carbocycles. The Hall–Kier alpha value is -1.62. The molecule has 1 aromatic rings. The third-order valence-electron chi connectivity index (χ3n) is 2.98. The lowest BCUT2D eigenvalue weighted by Gasteiger charge is -2.11. The Balaban J connectivity index is 1.97. The highest BCUT2D eigenvalue weighted by Gasteiger charge is 2.36. The fraction of sp³-hybridized carbons (Fsp3) is 0.286. The van der Waals surface area contributed by atoms with Gasteiger partial charge in [0.2, 0.25) is 5.91 Å². The summed E-state index contributed by atoms with van der Waals surface area (Å²) >= 11 is 3.38. The number of carboxylic acid groups (broad SMARTS) is 1. The summed E-state index contributed by atoms with van der Waals surface area (Å²) in [5.41, 5.74) is 0.871. The summed E-state index contributed by atoms with van der Waals surface area (Å²) in [6.45, 7) is 0. The quantitative estimate of drug-likeness (QED) is 0.818. The van der Waals surface area contributed by atoms with Crippen LogP contribution in [0.1, 0.15) is 18.4 Å². The molecule has 0 bridgehead atoms. The van der Waals surface area contributed by atoms with E-state index >= 15 is 0 Å². The van der Waals surface area contributed by atoms with Crippen LogP contribution in [-0.4, -0.2) is 23.0 Å². The summed E-state index contributed by atoms with van der Waals surface area (Å²) in [6, 6.07) is 6.73. The van der Waals surface area contributed by atoms with Crippen molar-refractivity contribution < 1.29 is 14.7 Å². The van der Waals surface area contributed by atoms with E-state index in [9.17, 15) is 9.59 Å². The molecule has 0 spiro atoms. The van der Waals surface area contributed by atoms with Crippen molar-refractivity contribution in [1.29, 1.82) is 0 Å². The number of carbonyl (C=O) groups is 2. The monoisotopic (exact) mass is 323 g/mol. The van der Waals surface area contributed by atoms with E-state index in [4.69, 9.17) is 5.11 Å². The molecule has 2 N–H and O–H groups in total. The number of halogens is 1. The van der Waals surface area contributed by atoms with Crippen LogP contribution in [0.5, 0.6) is 0 Å². The number of rotatable bonds is 5. The highest BCUT2D eigenvalue weighted by Crippen LogP contribution is 2.32. The zero-order chi connectivity index (χ0) is 13.8. The average Bonchev–Trinajstić information content (AvgIpc) is 3.19. The molecule has 0 heterocycles. The average molecular weight is 324 g/mol. The molecule has 1 fully saturated rings. The molecule has 5 heteroatoms. The maximum atomic E-state index is 11.7. The van der Waals surface area contributed by atoms with E-state index in [0.717, 1.165) is 22.9 Å². The molecule has 1 aliphatic rings. The number of nitrogens with one attached hydrogen (secondary N) is 1. The molecule has 0 aromatic heterocycles. The minimum atomic E-state index is -0.967. The summed E-state index contributed by atoms with van der Waals surface area (Å²) in [5.74, 6) is -1.27. The summed E-state index contributed by atoms with van der Waals surface area (Å²) in [7, 11) is 0. The molecular formula is C14H14BrNO3. The van der Waals surface area contributed by atoms with Gasteiger partial charge in [0.05, 0.1) is 0 Å². The first-order chi connectivity index (χ1) is 9.08. The van der Waals surface area contributed by atoms with Crippen molar-refractivity contribution in [2.24, 2.45) is 5.92 Å². The Labute approximate surface area is 119 Å². The van der Waals surface area contributed by atoms with Gasteiger partial charge in [-0.3, -0.25) is 4.79 Å². The van der Waals surface area contributed by atoms with E-state index in [0.29, 0.717) is 0 Å². The lowest BCUT2D eigenvalue weighted by atomic mass is 10.2. The molecule has 19 heavy (non-hydrogen) atoms. The van der Waals surface area contributed by atoms with Crippen LogP contribution in [0.15, 0.2) is 34.8 Å². The first-order valence-corrected chi connectivity index (χ1v) is 6.83. The molecule has 100 valence electrons. The number of carboxylic acids is 1. The summed E-state index contributed by atoms with van der Waals surface area (Å²) < 4.78 is 0.885. The van der Waals surface area contributed by atoms with Crippen molar-refractivity contribution in [2.75, 3.05) is 0 Å². The standard InChI is InChI=1S/C14H14BrNO3/c15-11-4-2-1-3-9(11)7-8-12(17)16-13(14(18)19)10-5-6-10/h1-4,7-8,10,13H,5-6H2,(H,16,17)(H,18,19). The van der Waals surface area contributed by atoms with Crippen molar-refractivity contribution in [3.63, 3.8) is 0 Å². The highest BCUT2D eigenvalue weighted by molar-refractivity contribution is 9.10. The minimum Gasteiger partial charge on any atom is -0.480 e. The lowest BCUT2D eigenvalue weighted by molar-refractivity contribution is -0.141. The summed E-state index contributed by atoms with van der Waals surface area (Å²) in [6.07, 6.45) is 4.75. The van der Waals surface area contributed by atoms with Gasteiger partial charge < -0.3 is 10.4 Å². The van der Waals surface area contributed by atoms with E-state index in [1.54, 1.807) is 6.08 Å². The van der Waals surface area contributed by atoms with Gasteiger partial charge in [-0.1, -0.05) is 34.1 Å². The van der Waals surface area contributed by atoms with Crippen LogP contribution < -0.4 is 5.32 Å². The molecule has 4 nitrogen and oxygen atoms in total. The number of hydrogen-bond acceptors (Lipinski definition) is 2. The van der Waals surface area contributed by atoms with Crippen LogP contribution in [0, 0.1) is 5.92 Å². The van der Waals surface area contributed by atoms with E-state index in [2.05, 4.69) is 21.2 Å². The van der Waals surface area contributed by atoms with Crippen molar-refractivity contribution in [3.8, 4) is 0 Å². The summed E-state index contributed by atoms with van der Waals surface area (Å²) in [5, 5.41) is 11.5. The van der Waals surface area contributed by atoms with E-state index < -0.39 is 12.0 Å². The number of aliphatic carboxylic acids is 1. The fourth-order valence-corrected chi connectivity index (χ4v) is 2.20. The highest BCUT2D eigenvalue weighted by atomic mass is 79.9. The van der Waals surface area contributed by atoms with Gasteiger partial charge >= 0.3 is 5.97 Å². The zero-order valence-corrected chi connectivity index (χ0v) is 11.8. The number of hydrogen-bond donors (Lipinski definition) is 2. The van der Waals surface area contributed by atoms with Crippen molar-refractivity contribution in [1.82, 2.24) is 5.32 Å².